The van der Waals surface area contributed by atoms with E-state index in [1.54, 1.807) is 7.05 Å². The van der Waals surface area contributed by atoms with Crippen molar-refractivity contribution in [2.45, 2.75) is 39.9 Å². The molecule has 1 unspecified atom stereocenters. The second kappa shape index (κ2) is 11.3. The molecule has 7 heteroatoms. The van der Waals surface area contributed by atoms with Gasteiger partial charge in [0, 0.05) is 51.0 Å². The van der Waals surface area contributed by atoms with Crippen LogP contribution in [0.3, 0.4) is 0 Å². The van der Waals surface area contributed by atoms with E-state index in [1.807, 2.05) is 18.7 Å². The molecule has 1 aromatic heterocycles. The largest absolute Gasteiger partial charge is 0.355 e. The summed E-state index contributed by atoms with van der Waals surface area (Å²) in [6.45, 7) is 8.84. The van der Waals surface area contributed by atoms with Crippen LogP contribution in [-0.2, 0) is 20.1 Å². The molecule has 0 bridgehead atoms. The Bertz CT molecular complexity index is 726. The Morgan fingerprint density at radius 2 is 1.89 bits per heavy atom. The van der Waals surface area contributed by atoms with Crippen LogP contribution in [0.1, 0.15) is 29.4 Å². The monoisotopic (exact) mass is 484 g/mol. The number of nitrogens with zero attached hydrogens (tertiary/aromatic N) is 4. The summed E-state index contributed by atoms with van der Waals surface area (Å²) in [7, 11) is 5.93. The number of rotatable bonds is 7. The van der Waals surface area contributed by atoms with Gasteiger partial charge in [-0.2, -0.15) is 5.10 Å². The molecular weight excluding hydrogens is 451 g/mol. The van der Waals surface area contributed by atoms with Crippen LogP contribution in [-0.4, -0.2) is 47.3 Å². The van der Waals surface area contributed by atoms with Crippen molar-refractivity contribution < 1.29 is 0 Å². The Morgan fingerprint density at radius 1 is 1.22 bits per heavy atom. The van der Waals surface area contributed by atoms with E-state index in [9.17, 15) is 0 Å². The van der Waals surface area contributed by atoms with Gasteiger partial charge < -0.3 is 10.6 Å². The topological polar surface area (TPSA) is 57.5 Å². The maximum absolute atomic E-state index is 4.46. The van der Waals surface area contributed by atoms with Crippen LogP contribution in [0.15, 0.2) is 35.3 Å². The van der Waals surface area contributed by atoms with Gasteiger partial charge in [-0.15, -0.1) is 24.0 Å². The normalized spacial score (nSPS) is 12.6. The van der Waals surface area contributed by atoms with E-state index in [4.69, 9.17) is 0 Å². The summed E-state index contributed by atoms with van der Waals surface area (Å²) in [6, 6.07) is 10.9. The fourth-order valence-corrected chi connectivity index (χ4v) is 2.89. The molecule has 1 atom stereocenters. The SMILES string of the molecule is CN=C(NCc1c(C)nn(C)c1C)NCC(C)N(C)Cc1ccccc1.I. The predicted molar refractivity (Wildman–Crippen MR) is 124 cm³/mol. The first-order valence-electron chi connectivity index (χ1n) is 9.10. The zero-order valence-electron chi connectivity index (χ0n) is 17.3. The number of aryl methyl sites for hydroxylation is 2. The molecule has 0 radical (unpaired) electrons. The average molecular weight is 484 g/mol. The van der Waals surface area contributed by atoms with E-state index >= 15 is 0 Å². The van der Waals surface area contributed by atoms with Gasteiger partial charge in [-0.05, 0) is 33.4 Å². The van der Waals surface area contributed by atoms with Gasteiger partial charge >= 0.3 is 0 Å². The molecule has 0 spiro atoms. The summed E-state index contributed by atoms with van der Waals surface area (Å²) < 4.78 is 1.92. The third-order valence-electron chi connectivity index (χ3n) is 4.91. The van der Waals surface area contributed by atoms with E-state index in [0.29, 0.717) is 6.04 Å². The maximum atomic E-state index is 4.46. The Labute approximate surface area is 180 Å². The van der Waals surface area contributed by atoms with Crippen LogP contribution >= 0.6 is 24.0 Å². The van der Waals surface area contributed by atoms with Crippen LogP contribution < -0.4 is 10.6 Å². The van der Waals surface area contributed by atoms with Gasteiger partial charge in [0.05, 0.1) is 5.69 Å². The third kappa shape index (κ3) is 6.80. The molecule has 0 amide bonds. The molecule has 6 nitrogen and oxygen atoms in total. The number of hydrogen-bond acceptors (Lipinski definition) is 3. The molecule has 27 heavy (non-hydrogen) atoms. The summed E-state index contributed by atoms with van der Waals surface area (Å²) in [5.74, 6) is 0.813. The molecule has 2 rings (SSSR count). The zero-order chi connectivity index (χ0) is 19.1. The number of halogens is 1. The van der Waals surface area contributed by atoms with Crippen molar-refractivity contribution in [3.8, 4) is 0 Å². The van der Waals surface area contributed by atoms with Crippen molar-refractivity contribution >= 4 is 29.9 Å². The van der Waals surface area contributed by atoms with E-state index < -0.39 is 0 Å². The number of aliphatic imine (C=N–C) groups is 1. The molecule has 150 valence electrons. The molecule has 1 aromatic carbocycles. The van der Waals surface area contributed by atoms with E-state index in [-0.39, 0.29) is 24.0 Å². The van der Waals surface area contributed by atoms with Crippen molar-refractivity contribution in [2.24, 2.45) is 12.0 Å². The minimum atomic E-state index is 0. The average Bonchev–Trinajstić information content (AvgIpc) is 2.88. The molecule has 2 aromatic rings. The van der Waals surface area contributed by atoms with E-state index in [0.717, 1.165) is 31.3 Å². The first-order chi connectivity index (χ1) is 12.4. The number of hydrogen-bond donors (Lipinski definition) is 2. The highest BCUT2D eigenvalue weighted by Gasteiger charge is 2.12. The minimum absolute atomic E-state index is 0. The molecule has 2 N–H and O–H groups in total. The van der Waals surface area contributed by atoms with Crippen LogP contribution in [0, 0.1) is 13.8 Å². The second-order valence-electron chi connectivity index (χ2n) is 6.83. The highest BCUT2D eigenvalue weighted by Crippen LogP contribution is 2.11. The van der Waals surface area contributed by atoms with Crippen LogP contribution in [0.25, 0.3) is 0 Å². The first-order valence-corrected chi connectivity index (χ1v) is 9.10. The molecular formula is C20H33IN6. The van der Waals surface area contributed by atoms with Crippen molar-refractivity contribution in [1.29, 1.82) is 0 Å². The summed E-state index contributed by atoms with van der Waals surface area (Å²) >= 11 is 0. The Hall–Kier alpha value is -1.61. The van der Waals surface area contributed by atoms with Crippen molar-refractivity contribution in [3.63, 3.8) is 0 Å². The molecule has 0 saturated carbocycles. The summed E-state index contributed by atoms with van der Waals surface area (Å²) in [6.07, 6.45) is 0. The highest BCUT2D eigenvalue weighted by atomic mass is 127. The predicted octanol–water partition coefficient (Wildman–Crippen LogP) is 2.84. The van der Waals surface area contributed by atoms with Crippen LogP contribution in [0.4, 0.5) is 0 Å². The van der Waals surface area contributed by atoms with Crippen molar-refractivity contribution in [1.82, 2.24) is 25.3 Å². The molecule has 0 aliphatic carbocycles. The fraction of sp³-hybridized carbons (Fsp3) is 0.500. The molecule has 0 saturated heterocycles. The molecule has 0 aliphatic heterocycles. The third-order valence-corrected chi connectivity index (χ3v) is 4.91. The lowest BCUT2D eigenvalue weighted by atomic mass is 10.2. The fourth-order valence-electron chi connectivity index (χ4n) is 2.89. The Morgan fingerprint density at radius 3 is 2.44 bits per heavy atom. The smallest absolute Gasteiger partial charge is 0.191 e. The van der Waals surface area contributed by atoms with Crippen molar-refractivity contribution in [2.75, 3.05) is 20.6 Å². The number of likely N-dealkylation sites (N-methyl/N-ethyl adjacent to an activating group) is 1. The Balaban J connectivity index is 0.00000364. The van der Waals surface area contributed by atoms with Gasteiger partial charge in [0.2, 0.25) is 0 Å². The van der Waals surface area contributed by atoms with Crippen molar-refractivity contribution in [3.05, 3.63) is 52.8 Å². The number of guanidine groups is 1. The standard InChI is InChI=1S/C20H32N6.HI/c1-15(25(5)14-18-10-8-7-9-11-18)12-22-20(21-4)23-13-19-16(2)24-26(6)17(19)3;/h7-11,15H,12-14H2,1-6H3,(H2,21,22,23);1H. The van der Waals surface area contributed by atoms with E-state index in [2.05, 4.69) is 76.9 Å². The van der Waals surface area contributed by atoms with E-state index in [1.165, 1.54) is 16.8 Å². The number of nitrogens with one attached hydrogen (secondary N) is 2. The first kappa shape index (κ1) is 23.4. The zero-order valence-corrected chi connectivity index (χ0v) is 19.6. The van der Waals surface area contributed by atoms with Crippen LogP contribution in [0.5, 0.6) is 0 Å². The van der Waals surface area contributed by atoms with Gasteiger partial charge in [0.1, 0.15) is 0 Å². The van der Waals surface area contributed by atoms with Gasteiger partial charge in [-0.25, -0.2) is 0 Å². The van der Waals surface area contributed by atoms with Gasteiger partial charge in [0.25, 0.3) is 0 Å². The number of benzene rings is 1. The summed E-state index contributed by atoms with van der Waals surface area (Å²) in [5.41, 5.74) is 4.79. The lowest BCUT2D eigenvalue weighted by molar-refractivity contribution is 0.249. The minimum Gasteiger partial charge on any atom is -0.355 e. The van der Waals surface area contributed by atoms with Gasteiger partial charge in [-0.1, -0.05) is 30.3 Å². The van der Waals surface area contributed by atoms with Gasteiger partial charge in [0.15, 0.2) is 5.96 Å². The van der Waals surface area contributed by atoms with Crippen LogP contribution in [0.2, 0.25) is 0 Å². The summed E-state index contributed by atoms with van der Waals surface area (Å²) in [5, 5.41) is 11.3. The quantitative estimate of drug-likeness (QED) is 0.361. The molecule has 0 fully saturated rings. The lowest BCUT2D eigenvalue weighted by Gasteiger charge is -2.25. The Kier molecular flexibility index (Phi) is 9.79. The van der Waals surface area contributed by atoms with Gasteiger partial charge in [-0.3, -0.25) is 14.6 Å². The number of aromatic nitrogens is 2. The highest BCUT2D eigenvalue weighted by molar-refractivity contribution is 14.0. The second-order valence-corrected chi connectivity index (χ2v) is 6.83. The lowest BCUT2D eigenvalue weighted by Crippen LogP contribution is -2.44. The molecule has 0 aliphatic rings. The molecule has 1 heterocycles. The maximum Gasteiger partial charge on any atom is 0.191 e. The summed E-state index contributed by atoms with van der Waals surface area (Å²) in [4.78, 5) is 6.67.